The van der Waals surface area contributed by atoms with Gasteiger partial charge in [-0.15, -0.1) is 0 Å². The van der Waals surface area contributed by atoms with E-state index >= 15 is 0 Å². The molecule has 1 aliphatic heterocycles. The minimum absolute atomic E-state index is 0.0978. The lowest BCUT2D eigenvalue weighted by Gasteiger charge is -2.30. The van der Waals surface area contributed by atoms with Gasteiger partial charge in [-0.2, -0.15) is 0 Å². The lowest BCUT2D eigenvalue weighted by Crippen LogP contribution is -2.45. The maximum atomic E-state index is 13.1. The number of amides is 2. The van der Waals surface area contributed by atoms with Crippen LogP contribution < -0.4 is 15.4 Å². The van der Waals surface area contributed by atoms with Gasteiger partial charge in [-0.3, -0.25) is 4.90 Å². The van der Waals surface area contributed by atoms with E-state index in [1.165, 1.54) is 5.56 Å². The number of ether oxygens (including phenoxy) is 1. The quantitative estimate of drug-likeness (QED) is 0.413. The molecule has 32 heavy (non-hydrogen) atoms. The summed E-state index contributed by atoms with van der Waals surface area (Å²) >= 11 is 0. The molecule has 3 rings (SSSR count). The van der Waals surface area contributed by atoms with E-state index in [1.807, 2.05) is 35.2 Å². The number of urea groups is 1. The number of nitrogens with zero attached hydrogens (tertiary/aromatic N) is 2. The lowest BCUT2D eigenvalue weighted by atomic mass is 10.1. The summed E-state index contributed by atoms with van der Waals surface area (Å²) in [5, 5.41) is 6.40. The highest BCUT2D eigenvalue weighted by atomic mass is 16.5. The topological polar surface area (TPSA) is 56.8 Å². The van der Waals surface area contributed by atoms with Gasteiger partial charge >= 0.3 is 6.03 Å². The first-order valence-electron chi connectivity index (χ1n) is 11.5. The second-order valence-electron chi connectivity index (χ2n) is 8.30. The summed E-state index contributed by atoms with van der Waals surface area (Å²) in [5.74, 6) is 0.723. The van der Waals surface area contributed by atoms with Crippen molar-refractivity contribution in [2.75, 3.05) is 58.2 Å². The van der Waals surface area contributed by atoms with Crippen LogP contribution >= 0.6 is 0 Å². The van der Waals surface area contributed by atoms with Gasteiger partial charge in [-0.25, -0.2) is 4.79 Å². The molecule has 6 heteroatoms. The molecule has 1 fully saturated rings. The molecule has 0 saturated carbocycles. The summed E-state index contributed by atoms with van der Waals surface area (Å²) in [4.78, 5) is 17.4. The first-order valence-corrected chi connectivity index (χ1v) is 11.5. The van der Waals surface area contributed by atoms with Crippen LogP contribution in [-0.4, -0.2) is 68.8 Å². The highest BCUT2D eigenvalue weighted by Crippen LogP contribution is 2.18. The third-order valence-electron chi connectivity index (χ3n) is 5.67. The smallest absolute Gasteiger partial charge is 0.322 e. The number of hydrogen-bond acceptors (Lipinski definition) is 4. The van der Waals surface area contributed by atoms with Crippen LogP contribution in [0.25, 0.3) is 0 Å². The number of aryl methyl sites for hydroxylation is 1. The molecule has 0 radical (unpaired) electrons. The number of piperazine rings is 1. The predicted molar refractivity (Wildman–Crippen MR) is 131 cm³/mol. The van der Waals surface area contributed by atoms with Crippen molar-refractivity contribution >= 4 is 11.7 Å². The molecule has 2 N–H and O–H groups in total. The molecule has 0 atom stereocenters. The molecule has 0 unspecified atom stereocenters. The Labute approximate surface area is 192 Å². The zero-order valence-electron chi connectivity index (χ0n) is 19.2. The predicted octanol–water partition coefficient (Wildman–Crippen LogP) is 4.01. The van der Waals surface area contributed by atoms with Crippen molar-refractivity contribution in [1.82, 2.24) is 15.1 Å². The van der Waals surface area contributed by atoms with E-state index in [1.54, 1.807) is 7.11 Å². The van der Waals surface area contributed by atoms with E-state index in [4.69, 9.17) is 4.74 Å². The molecule has 2 amide bonds. The summed E-state index contributed by atoms with van der Waals surface area (Å²) in [6, 6.07) is 17.9. The molecule has 0 bridgehead atoms. The van der Waals surface area contributed by atoms with Crippen molar-refractivity contribution in [3.05, 3.63) is 72.3 Å². The fourth-order valence-corrected chi connectivity index (χ4v) is 3.94. The zero-order chi connectivity index (χ0) is 22.6. The summed E-state index contributed by atoms with van der Waals surface area (Å²) in [7, 11) is 1.63. The maximum absolute atomic E-state index is 13.1. The van der Waals surface area contributed by atoms with Gasteiger partial charge in [-0.1, -0.05) is 43.0 Å². The molecule has 2 aromatic carbocycles. The molecule has 0 aromatic heterocycles. The standard InChI is InChI=1S/C26H36N4O2/c1-22(20-29-17-14-27-15-18-29)21-30(16-7-6-11-23-9-4-3-5-10-23)26(31)28-24-12-8-13-25(19-24)32-2/h3-5,8-10,12-13,19,27H,1,6-7,11,14-18,20-21H2,2H3,(H,28,31). The van der Waals surface area contributed by atoms with Crippen molar-refractivity contribution in [3.63, 3.8) is 0 Å². The van der Waals surface area contributed by atoms with Crippen molar-refractivity contribution in [2.45, 2.75) is 19.3 Å². The normalized spacial score (nSPS) is 14.0. The van der Waals surface area contributed by atoms with Gasteiger partial charge in [0.2, 0.25) is 0 Å². The van der Waals surface area contributed by atoms with Crippen LogP contribution in [0.5, 0.6) is 5.75 Å². The molecule has 6 nitrogen and oxygen atoms in total. The molecule has 0 spiro atoms. The largest absolute Gasteiger partial charge is 0.497 e. The van der Waals surface area contributed by atoms with Crippen LogP contribution in [0.1, 0.15) is 18.4 Å². The number of hydrogen-bond donors (Lipinski definition) is 2. The van der Waals surface area contributed by atoms with E-state index in [2.05, 4.69) is 46.4 Å². The fraction of sp³-hybridized carbons (Fsp3) is 0.423. The number of methoxy groups -OCH3 is 1. The van der Waals surface area contributed by atoms with E-state index in [-0.39, 0.29) is 6.03 Å². The third-order valence-corrected chi connectivity index (χ3v) is 5.67. The minimum Gasteiger partial charge on any atom is -0.497 e. The molecule has 172 valence electrons. The van der Waals surface area contributed by atoms with E-state index in [9.17, 15) is 4.79 Å². The summed E-state index contributed by atoms with van der Waals surface area (Å²) in [6.45, 7) is 10.4. The SMILES string of the molecule is C=C(CN1CCNCC1)CN(CCCCc1ccccc1)C(=O)Nc1cccc(OC)c1. The van der Waals surface area contributed by atoms with Gasteiger partial charge in [0, 0.05) is 57.6 Å². The lowest BCUT2D eigenvalue weighted by molar-refractivity contribution is 0.210. The molecule has 1 heterocycles. The highest BCUT2D eigenvalue weighted by Gasteiger charge is 2.17. The number of carbonyl (C=O) groups is 1. The Kier molecular flexibility index (Phi) is 9.60. The van der Waals surface area contributed by atoms with E-state index in [0.717, 1.165) is 69.0 Å². The number of nitrogens with one attached hydrogen (secondary N) is 2. The number of rotatable bonds is 11. The van der Waals surface area contributed by atoms with Gasteiger partial charge in [0.05, 0.1) is 7.11 Å². The molecular formula is C26H36N4O2. The Morgan fingerprint density at radius 2 is 1.91 bits per heavy atom. The second kappa shape index (κ2) is 12.9. The molecule has 1 aliphatic rings. The molecule has 0 aliphatic carbocycles. The average molecular weight is 437 g/mol. The van der Waals surface area contributed by atoms with Gasteiger partial charge in [0.15, 0.2) is 0 Å². The van der Waals surface area contributed by atoms with Crippen LogP contribution in [0.4, 0.5) is 10.5 Å². The van der Waals surface area contributed by atoms with Crippen molar-refractivity contribution < 1.29 is 9.53 Å². The Hall–Kier alpha value is -2.83. The first-order chi connectivity index (χ1) is 15.6. The Balaban J connectivity index is 1.56. The van der Waals surface area contributed by atoms with Crippen LogP contribution in [0, 0.1) is 0 Å². The fourth-order valence-electron chi connectivity index (χ4n) is 3.94. The summed E-state index contributed by atoms with van der Waals surface area (Å²) < 4.78 is 5.28. The van der Waals surface area contributed by atoms with Crippen LogP contribution in [-0.2, 0) is 6.42 Å². The van der Waals surface area contributed by atoms with E-state index in [0.29, 0.717) is 13.1 Å². The second-order valence-corrected chi connectivity index (χ2v) is 8.30. The van der Waals surface area contributed by atoms with Gasteiger partial charge in [0.1, 0.15) is 5.75 Å². The number of unbranched alkanes of at least 4 members (excludes halogenated alkanes) is 1. The zero-order valence-corrected chi connectivity index (χ0v) is 19.2. The number of carbonyl (C=O) groups excluding carboxylic acids is 1. The van der Waals surface area contributed by atoms with Gasteiger partial charge < -0.3 is 20.3 Å². The summed E-state index contributed by atoms with van der Waals surface area (Å²) in [5.41, 5.74) is 3.13. The maximum Gasteiger partial charge on any atom is 0.322 e. The van der Waals surface area contributed by atoms with Gasteiger partial charge in [0.25, 0.3) is 0 Å². The van der Waals surface area contributed by atoms with Crippen molar-refractivity contribution in [2.24, 2.45) is 0 Å². The summed E-state index contributed by atoms with van der Waals surface area (Å²) in [6.07, 6.45) is 3.01. The van der Waals surface area contributed by atoms with Crippen LogP contribution in [0.15, 0.2) is 66.7 Å². The number of anilines is 1. The Morgan fingerprint density at radius 3 is 2.66 bits per heavy atom. The third kappa shape index (κ3) is 8.02. The van der Waals surface area contributed by atoms with Gasteiger partial charge in [-0.05, 0) is 42.5 Å². The highest BCUT2D eigenvalue weighted by molar-refractivity contribution is 5.89. The molecule has 1 saturated heterocycles. The molecule has 2 aromatic rings. The average Bonchev–Trinajstić information content (AvgIpc) is 2.82. The monoisotopic (exact) mass is 436 g/mol. The van der Waals surface area contributed by atoms with Crippen molar-refractivity contribution in [1.29, 1.82) is 0 Å². The number of benzene rings is 2. The molecular weight excluding hydrogens is 400 g/mol. The first kappa shape index (κ1) is 23.8. The van der Waals surface area contributed by atoms with Crippen LogP contribution in [0.2, 0.25) is 0 Å². The van der Waals surface area contributed by atoms with Crippen molar-refractivity contribution in [3.8, 4) is 5.75 Å². The minimum atomic E-state index is -0.0978. The van der Waals surface area contributed by atoms with Crippen LogP contribution in [0.3, 0.4) is 0 Å². The Bertz CT molecular complexity index is 850. The van der Waals surface area contributed by atoms with E-state index < -0.39 is 0 Å². The Morgan fingerprint density at radius 1 is 1.12 bits per heavy atom.